The van der Waals surface area contributed by atoms with Gasteiger partial charge in [-0.1, -0.05) is 226 Å². The zero-order chi connectivity index (χ0) is 43.0. The summed E-state index contributed by atoms with van der Waals surface area (Å²) in [5.74, 6) is -0.619. The number of nitrogens with one attached hydrogen (secondary N) is 2. The molecule has 1 aliphatic rings. The van der Waals surface area contributed by atoms with Gasteiger partial charge in [0.15, 0.2) is 6.29 Å². The van der Waals surface area contributed by atoms with Gasteiger partial charge in [-0.25, -0.2) is 0 Å². The fourth-order valence-electron chi connectivity index (χ4n) is 8.22. The molecule has 0 aromatic rings. The Balaban J connectivity index is 2.21. The smallest absolute Gasteiger partial charge is 0.244 e. The fourth-order valence-corrected chi connectivity index (χ4v) is 8.22. The molecule has 10 nitrogen and oxygen atoms in total. The molecule has 2 amide bonds. The lowest BCUT2D eigenvalue weighted by molar-refractivity contribution is -0.301. The van der Waals surface area contributed by atoms with Crippen LogP contribution in [-0.4, -0.2) is 88.7 Å². The van der Waals surface area contributed by atoms with Gasteiger partial charge in [-0.2, -0.15) is 0 Å². The van der Waals surface area contributed by atoms with Gasteiger partial charge in [0.05, 0.1) is 13.2 Å². The quantitative estimate of drug-likeness (QED) is 0.0331. The number of aliphatic hydroxyl groups excluding tert-OH is 4. The van der Waals surface area contributed by atoms with Crippen molar-refractivity contribution in [3.05, 3.63) is 0 Å². The SMILES string of the molecule is CCCCCCCCCCCCCCCCCCCCCCCCCC(=O)N[C@@H](CO[C@H]1O[C@H](CO)[C@H](O)[C@H](O)[C@H]1O)C(=O)NCCCCCCCCCCCCCC. The van der Waals surface area contributed by atoms with Crippen molar-refractivity contribution in [2.24, 2.45) is 0 Å². The molecule has 1 aliphatic heterocycles. The maximum absolute atomic E-state index is 13.2. The van der Waals surface area contributed by atoms with Gasteiger partial charge in [0, 0.05) is 13.0 Å². The first-order valence-corrected chi connectivity index (χ1v) is 25.3. The van der Waals surface area contributed by atoms with E-state index in [0.29, 0.717) is 13.0 Å². The summed E-state index contributed by atoms with van der Waals surface area (Å²) in [5.41, 5.74) is 0. The predicted molar refractivity (Wildman–Crippen MR) is 242 cm³/mol. The van der Waals surface area contributed by atoms with Crippen LogP contribution in [0.5, 0.6) is 0 Å². The van der Waals surface area contributed by atoms with Crippen molar-refractivity contribution in [2.45, 2.75) is 282 Å². The second-order valence-electron chi connectivity index (χ2n) is 17.9. The molecule has 1 fully saturated rings. The Morgan fingerprint density at radius 1 is 0.508 bits per heavy atom. The summed E-state index contributed by atoms with van der Waals surface area (Å²) in [6.45, 7) is 4.14. The van der Waals surface area contributed by atoms with Crippen LogP contribution in [0.3, 0.4) is 0 Å². The Hall–Kier alpha value is -1.30. The molecule has 1 saturated heterocycles. The highest BCUT2D eigenvalue weighted by Gasteiger charge is 2.44. The number of hydrogen-bond acceptors (Lipinski definition) is 8. The van der Waals surface area contributed by atoms with Crippen molar-refractivity contribution in [1.82, 2.24) is 10.6 Å². The molecule has 0 bridgehead atoms. The normalized spacial score (nSPS) is 19.9. The van der Waals surface area contributed by atoms with E-state index >= 15 is 0 Å². The van der Waals surface area contributed by atoms with E-state index in [-0.39, 0.29) is 18.4 Å². The third-order valence-corrected chi connectivity index (χ3v) is 12.3. The molecule has 6 N–H and O–H groups in total. The highest BCUT2D eigenvalue weighted by molar-refractivity contribution is 5.87. The fraction of sp³-hybridized carbons (Fsp3) is 0.959. The highest BCUT2D eigenvalue weighted by Crippen LogP contribution is 2.22. The van der Waals surface area contributed by atoms with Crippen LogP contribution in [0.4, 0.5) is 0 Å². The molecule has 0 spiro atoms. The van der Waals surface area contributed by atoms with Crippen LogP contribution in [0.15, 0.2) is 0 Å². The lowest BCUT2D eigenvalue weighted by Crippen LogP contribution is -2.60. The number of hydrogen-bond donors (Lipinski definition) is 6. The number of ether oxygens (including phenoxy) is 2. The number of carbonyl (C=O) groups excluding carboxylic acids is 2. The van der Waals surface area contributed by atoms with Crippen LogP contribution in [0.2, 0.25) is 0 Å². The molecule has 0 radical (unpaired) electrons. The van der Waals surface area contributed by atoms with Gasteiger partial charge in [-0.05, 0) is 12.8 Å². The minimum absolute atomic E-state index is 0.239. The lowest BCUT2D eigenvalue weighted by atomic mass is 9.99. The average Bonchev–Trinajstić information content (AvgIpc) is 3.23. The number of carbonyl (C=O) groups is 2. The van der Waals surface area contributed by atoms with Crippen molar-refractivity contribution >= 4 is 11.8 Å². The van der Waals surface area contributed by atoms with Gasteiger partial charge >= 0.3 is 0 Å². The van der Waals surface area contributed by atoms with E-state index < -0.39 is 43.4 Å². The number of aliphatic hydroxyl groups is 4. The molecule has 0 saturated carbocycles. The molecule has 0 unspecified atom stereocenters. The minimum atomic E-state index is -1.59. The molecule has 1 heterocycles. The van der Waals surface area contributed by atoms with Gasteiger partial charge in [0.25, 0.3) is 0 Å². The zero-order valence-electron chi connectivity index (χ0n) is 38.5. The number of amides is 2. The van der Waals surface area contributed by atoms with Gasteiger partial charge in [-0.3, -0.25) is 9.59 Å². The topological polar surface area (TPSA) is 158 Å². The summed E-state index contributed by atoms with van der Waals surface area (Å²) in [4.78, 5) is 26.1. The van der Waals surface area contributed by atoms with Crippen LogP contribution in [0.25, 0.3) is 0 Å². The van der Waals surface area contributed by atoms with Gasteiger partial charge in [0.1, 0.15) is 30.5 Å². The summed E-state index contributed by atoms with van der Waals surface area (Å²) in [6, 6.07) is -1.02. The lowest BCUT2D eigenvalue weighted by Gasteiger charge is -2.39. The zero-order valence-corrected chi connectivity index (χ0v) is 38.5. The van der Waals surface area contributed by atoms with Crippen LogP contribution in [-0.2, 0) is 19.1 Å². The summed E-state index contributed by atoms with van der Waals surface area (Å²) in [7, 11) is 0. The molecular formula is C49H96N2O8. The van der Waals surface area contributed by atoms with Crippen molar-refractivity contribution in [3.63, 3.8) is 0 Å². The highest BCUT2D eigenvalue weighted by atomic mass is 16.7. The molecular weight excluding hydrogens is 745 g/mol. The standard InChI is InChI=1S/C49H96N2O8/c1-3-5-7-9-11-13-15-17-18-19-20-21-22-23-24-25-26-27-28-30-32-34-36-38-44(53)51-42(41-58-49-47(56)46(55)45(54)43(40-52)59-49)48(57)50-39-37-35-33-31-29-16-14-12-10-8-6-4-2/h42-43,45-47,49,52,54-56H,3-41H2,1-2H3,(H,50,57)(H,51,53)/t42-,43+,45-,46-,47+,49-/m0/s1. The molecule has 350 valence electrons. The number of unbranched alkanes of at least 4 members (excludes halogenated alkanes) is 33. The van der Waals surface area contributed by atoms with E-state index in [1.165, 1.54) is 186 Å². The van der Waals surface area contributed by atoms with E-state index in [4.69, 9.17) is 9.47 Å². The van der Waals surface area contributed by atoms with E-state index in [0.717, 1.165) is 38.5 Å². The first-order valence-electron chi connectivity index (χ1n) is 25.3. The molecule has 0 aromatic heterocycles. The second-order valence-corrected chi connectivity index (χ2v) is 17.9. The average molecular weight is 841 g/mol. The Kier molecular flexibility index (Phi) is 38.5. The van der Waals surface area contributed by atoms with Crippen molar-refractivity contribution in [1.29, 1.82) is 0 Å². The second kappa shape index (κ2) is 40.8. The van der Waals surface area contributed by atoms with Crippen LogP contribution >= 0.6 is 0 Å². The Labute approximate surface area is 362 Å². The monoisotopic (exact) mass is 841 g/mol. The molecule has 59 heavy (non-hydrogen) atoms. The van der Waals surface area contributed by atoms with Crippen molar-refractivity contribution < 1.29 is 39.5 Å². The molecule has 0 aromatic carbocycles. The van der Waals surface area contributed by atoms with E-state index in [2.05, 4.69) is 24.5 Å². The molecule has 1 rings (SSSR count). The van der Waals surface area contributed by atoms with Crippen LogP contribution in [0, 0.1) is 0 Å². The predicted octanol–water partition coefficient (Wildman–Crippen LogP) is 10.5. The maximum Gasteiger partial charge on any atom is 0.244 e. The molecule has 0 aliphatic carbocycles. The minimum Gasteiger partial charge on any atom is -0.394 e. The molecule has 10 heteroatoms. The largest absolute Gasteiger partial charge is 0.394 e. The maximum atomic E-state index is 13.2. The Bertz CT molecular complexity index is 940. The third-order valence-electron chi connectivity index (χ3n) is 12.3. The Morgan fingerprint density at radius 3 is 1.24 bits per heavy atom. The van der Waals surface area contributed by atoms with Gasteiger partial charge < -0.3 is 40.5 Å². The van der Waals surface area contributed by atoms with E-state index in [9.17, 15) is 30.0 Å². The van der Waals surface area contributed by atoms with Crippen LogP contribution < -0.4 is 10.6 Å². The first kappa shape index (κ1) is 55.7. The van der Waals surface area contributed by atoms with Crippen molar-refractivity contribution in [2.75, 3.05) is 19.8 Å². The van der Waals surface area contributed by atoms with E-state index in [1.807, 2.05) is 0 Å². The van der Waals surface area contributed by atoms with Crippen LogP contribution in [0.1, 0.15) is 245 Å². The number of rotatable bonds is 43. The van der Waals surface area contributed by atoms with Gasteiger partial charge in [0.2, 0.25) is 11.8 Å². The van der Waals surface area contributed by atoms with Gasteiger partial charge in [-0.15, -0.1) is 0 Å². The summed E-state index contributed by atoms with van der Waals surface area (Å²) in [6.07, 6.45) is 38.1. The molecule has 6 atom stereocenters. The van der Waals surface area contributed by atoms with Crippen molar-refractivity contribution in [3.8, 4) is 0 Å². The van der Waals surface area contributed by atoms with E-state index in [1.54, 1.807) is 0 Å². The first-order chi connectivity index (χ1) is 28.8. The Morgan fingerprint density at radius 2 is 0.864 bits per heavy atom. The third kappa shape index (κ3) is 31.2. The summed E-state index contributed by atoms with van der Waals surface area (Å²) in [5, 5.41) is 45.9. The summed E-state index contributed by atoms with van der Waals surface area (Å²) >= 11 is 0. The summed E-state index contributed by atoms with van der Waals surface area (Å²) < 4.78 is 11.1.